The van der Waals surface area contributed by atoms with Crippen molar-refractivity contribution in [2.24, 2.45) is 0 Å². The molecule has 0 aliphatic heterocycles. The zero-order valence-electron chi connectivity index (χ0n) is 17.3. The molecule has 0 atom stereocenters. The zero-order valence-corrected chi connectivity index (χ0v) is 17.3. The van der Waals surface area contributed by atoms with Crippen LogP contribution in [0.15, 0.2) is 48.8 Å². The molecule has 4 rings (SSSR count). The van der Waals surface area contributed by atoms with Crippen molar-refractivity contribution >= 4 is 0 Å². The van der Waals surface area contributed by atoms with Crippen molar-refractivity contribution in [1.29, 1.82) is 5.26 Å². The molecule has 0 amide bonds. The Kier molecular flexibility index (Phi) is 5.53. The maximum atomic E-state index is 8.94. The van der Waals surface area contributed by atoms with Crippen LogP contribution in [-0.2, 0) is 6.54 Å². The molecule has 0 aliphatic rings. The van der Waals surface area contributed by atoms with Crippen molar-refractivity contribution in [3.05, 3.63) is 65.6 Å². The van der Waals surface area contributed by atoms with Gasteiger partial charge in [-0.2, -0.15) is 20.4 Å². The molecule has 9 heteroatoms. The van der Waals surface area contributed by atoms with Crippen LogP contribution in [0.2, 0.25) is 0 Å². The fourth-order valence-electron chi connectivity index (χ4n) is 3.09. The second-order valence-electron chi connectivity index (χ2n) is 6.72. The van der Waals surface area contributed by atoms with Gasteiger partial charge < -0.3 is 9.47 Å². The van der Waals surface area contributed by atoms with E-state index in [1.807, 2.05) is 42.1 Å². The number of hydrogen-bond donors (Lipinski definition) is 0. The molecule has 0 saturated heterocycles. The molecular formula is C22H19N7O2. The Labute approximate surface area is 179 Å². The molecule has 0 fully saturated rings. The Morgan fingerprint density at radius 1 is 1.00 bits per heavy atom. The SMILES string of the molecule is COc1ncc(-c2cc(-c3ccn(Cc4ccc(C#N)cc4)n3)c(C)nn2)c(OC)n1. The summed E-state index contributed by atoms with van der Waals surface area (Å²) in [5, 5.41) is 22.2. The van der Waals surface area contributed by atoms with E-state index in [-0.39, 0.29) is 6.01 Å². The molecule has 0 saturated carbocycles. The van der Waals surface area contributed by atoms with Crippen LogP contribution in [0.1, 0.15) is 16.8 Å². The number of aryl methyl sites for hydroxylation is 1. The van der Waals surface area contributed by atoms with Crippen LogP contribution in [0.25, 0.3) is 22.5 Å². The van der Waals surface area contributed by atoms with E-state index in [4.69, 9.17) is 14.7 Å². The molecule has 3 aromatic heterocycles. The normalized spacial score (nSPS) is 10.5. The van der Waals surface area contributed by atoms with Gasteiger partial charge in [-0.25, -0.2) is 4.98 Å². The molecule has 0 unspecified atom stereocenters. The van der Waals surface area contributed by atoms with Crippen molar-refractivity contribution in [1.82, 2.24) is 29.9 Å². The number of hydrogen-bond acceptors (Lipinski definition) is 8. The predicted molar refractivity (Wildman–Crippen MR) is 112 cm³/mol. The third-order valence-electron chi connectivity index (χ3n) is 4.71. The number of methoxy groups -OCH3 is 2. The van der Waals surface area contributed by atoms with Gasteiger partial charge in [0, 0.05) is 18.0 Å². The first-order chi connectivity index (χ1) is 15.1. The minimum absolute atomic E-state index is 0.211. The standard InChI is InChI=1S/C22H19N7O2/c1-14-17(10-20(27-26-14)18-12-24-22(31-3)25-21(18)30-2)19-8-9-29(28-19)13-16-6-4-15(11-23)5-7-16/h4-10,12H,13H2,1-3H3. The van der Waals surface area contributed by atoms with Crippen LogP contribution in [-0.4, -0.2) is 44.2 Å². The highest BCUT2D eigenvalue weighted by Gasteiger charge is 2.16. The summed E-state index contributed by atoms with van der Waals surface area (Å²) < 4.78 is 12.3. The molecule has 154 valence electrons. The zero-order chi connectivity index (χ0) is 21.8. The smallest absolute Gasteiger partial charge is 0.319 e. The minimum Gasteiger partial charge on any atom is -0.480 e. The minimum atomic E-state index is 0.211. The van der Waals surface area contributed by atoms with Crippen LogP contribution in [0, 0.1) is 18.3 Å². The predicted octanol–water partition coefficient (Wildman–Crippen LogP) is 3.04. The van der Waals surface area contributed by atoms with E-state index >= 15 is 0 Å². The first kappa shape index (κ1) is 20.0. The van der Waals surface area contributed by atoms with Crippen LogP contribution in [0.3, 0.4) is 0 Å². The van der Waals surface area contributed by atoms with Gasteiger partial charge in [0.25, 0.3) is 0 Å². The fourth-order valence-corrected chi connectivity index (χ4v) is 3.09. The summed E-state index contributed by atoms with van der Waals surface area (Å²) >= 11 is 0. The van der Waals surface area contributed by atoms with Gasteiger partial charge in [0.05, 0.1) is 49.3 Å². The fraction of sp³-hybridized carbons (Fsp3) is 0.182. The van der Waals surface area contributed by atoms with E-state index in [0.717, 1.165) is 22.5 Å². The molecule has 0 bridgehead atoms. The lowest BCUT2D eigenvalue weighted by Gasteiger charge is -2.09. The van der Waals surface area contributed by atoms with E-state index in [0.29, 0.717) is 29.2 Å². The van der Waals surface area contributed by atoms with Crippen molar-refractivity contribution < 1.29 is 9.47 Å². The summed E-state index contributed by atoms with van der Waals surface area (Å²) in [7, 11) is 3.02. The molecule has 0 spiro atoms. The lowest BCUT2D eigenvalue weighted by molar-refractivity contribution is 0.353. The van der Waals surface area contributed by atoms with E-state index < -0.39 is 0 Å². The van der Waals surface area contributed by atoms with Crippen LogP contribution >= 0.6 is 0 Å². The molecule has 0 radical (unpaired) electrons. The number of rotatable bonds is 6. The van der Waals surface area contributed by atoms with E-state index in [1.165, 1.54) is 14.2 Å². The van der Waals surface area contributed by atoms with Gasteiger partial charge in [-0.05, 0) is 36.8 Å². The van der Waals surface area contributed by atoms with Gasteiger partial charge in [-0.3, -0.25) is 4.68 Å². The molecule has 31 heavy (non-hydrogen) atoms. The van der Waals surface area contributed by atoms with Crippen molar-refractivity contribution in [3.63, 3.8) is 0 Å². The summed E-state index contributed by atoms with van der Waals surface area (Å²) in [6.45, 7) is 2.48. The number of nitriles is 1. The molecule has 9 nitrogen and oxygen atoms in total. The second kappa shape index (κ2) is 8.59. The van der Waals surface area contributed by atoms with Gasteiger partial charge in [0.15, 0.2) is 0 Å². The average Bonchev–Trinajstić information content (AvgIpc) is 3.27. The number of aromatic nitrogens is 6. The molecule has 0 aliphatic carbocycles. The summed E-state index contributed by atoms with van der Waals surface area (Å²) in [5.41, 5.74) is 5.24. The Hall–Kier alpha value is -4.32. The summed E-state index contributed by atoms with van der Waals surface area (Å²) in [6, 6.07) is 13.6. The van der Waals surface area contributed by atoms with E-state index in [9.17, 15) is 0 Å². The highest BCUT2D eigenvalue weighted by atomic mass is 16.5. The number of ether oxygens (including phenoxy) is 2. The van der Waals surface area contributed by atoms with Crippen LogP contribution in [0.4, 0.5) is 0 Å². The van der Waals surface area contributed by atoms with Crippen molar-refractivity contribution in [2.75, 3.05) is 14.2 Å². The van der Waals surface area contributed by atoms with Gasteiger partial charge in [0.2, 0.25) is 5.88 Å². The maximum Gasteiger partial charge on any atom is 0.319 e. The van der Waals surface area contributed by atoms with Crippen molar-refractivity contribution in [3.8, 4) is 40.5 Å². The van der Waals surface area contributed by atoms with Gasteiger partial charge in [-0.15, -0.1) is 5.10 Å². The molecule has 1 aromatic carbocycles. The molecule has 0 N–H and O–H groups in total. The Bertz CT molecular complexity index is 1260. The third-order valence-corrected chi connectivity index (χ3v) is 4.71. The largest absolute Gasteiger partial charge is 0.480 e. The highest BCUT2D eigenvalue weighted by molar-refractivity contribution is 5.71. The first-order valence-electron chi connectivity index (χ1n) is 9.44. The summed E-state index contributed by atoms with van der Waals surface area (Å²) in [4.78, 5) is 8.36. The number of nitrogens with zero attached hydrogens (tertiary/aromatic N) is 7. The van der Waals surface area contributed by atoms with Crippen LogP contribution in [0.5, 0.6) is 11.9 Å². The first-order valence-corrected chi connectivity index (χ1v) is 9.44. The average molecular weight is 413 g/mol. The third kappa shape index (κ3) is 4.18. The molecule has 4 aromatic rings. The van der Waals surface area contributed by atoms with Crippen molar-refractivity contribution in [2.45, 2.75) is 13.5 Å². The lowest BCUT2D eigenvalue weighted by Crippen LogP contribution is -2.02. The molecular weight excluding hydrogens is 394 g/mol. The quantitative estimate of drug-likeness (QED) is 0.474. The monoisotopic (exact) mass is 413 g/mol. The Morgan fingerprint density at radius 2 is 1.81 bits per heavy atom. The van der Waals surface area contributed by atoms with E-state index in [1.54, 1.807) is 18.3 Å². The maximum absolute atomic E-state index is 8.94. The van der Waals surface area contributed by atoms with Gasteiger partial charge in [0.1, 0.15) is 5.69 Å². The summed E-state index contributed by atoms with van der Waals surface area (Å²) in [5.74, 6) is 0.349. The highest BCUT2D eigenvalue weighted by Crippen LogP contribution is 2.30. The van der Waals surface area contributed by atoms with Gasteiger partial charge >= 0.3 is 6.01 Å². The number of benzene rings is 1. The Morgan fingerprint density at radius 3 is 2.52 bits per heavy atom. The molecule has 3 heterocycles. The topological polar surface area (TPSA) is 112 Å². The van der Waals surface area contributed by atoms with Crippen LogP contribution < -0.4 is 9.47 Å². The van der Waals surface area contributed by atoms with E-state index in [2.05, 4.69) is 31.3 Å². The van der Waals surface area contributed by atoms with Gasteiger partial charge in [-0.1, -0.05) is 12.1 Å². The lowest BCUT2D eigenvalue weighted by atomic mass is 10.1. The second-order valence-corrected chi connectivity index (χ2v) is 6.72. The Balaban J connectivity index is 1.64. The summed E-state index contributed by atoms with van der Waals surface area (Å²) in [6.07, 6.45) is 3.50.